The van der Waals surface area contributed by atoms with Gasteiger partial charge >= 0.3 is 0 Å². The zero-order valence-corrected chi connectivity index (χ0v) is 34.0. The van der Waals surface area contributed by atoms with Crippen molar-refractivity contribution in [2.75, 3.05) is 54.9 Å². The van der Waals surface area contributed by atoms with Gasteiger partial charge in [0.2, 0.25) is 0 Å². The van der Waals surface area contributed by atoms with Crippen LogP contribution in [0.25, 0.3) is 6.08 Å². The molecule has 14 heteroatoms. The summed E-state index contributed by atoms with van der Waals surface area (Å²) in [6.07, 6.45) is 4.76. The van der Waals surface area contributed by atoms with Crippen LogP contribution in [0.15, 0.2) is 66.3 Å². The zero-order valence-electron chi connectivity index (χ0n) is 34.0. The Bertz CT molecular complexity index is 2430. The number of benzene rings is 4. The number of aliphatic hydroxyl groups is 2. The van der Waals surface area contributed by atoms with Crippen molar-refractivity contribution in [3.8, 4) is 57.5 Å². The molecule has 5 aliphatic rings. The first-order valence-corrected chi connectivity index (χ1v) is 19.4. The smallest absolute Gasteiger partial charge is 0.178 e. The van der Waals surface area contributed by atoms with Crippen molar-refractivity contribution in [2.45, 2.75) is 49.9 Å². The Morgan fingerprint density at radius 1 is 0.750 bits per heavy atom. The predicted molar refractivity (Wildman–Crippen MR) is 217 cm³/mol. The van der Waals surface area contributed by atoms with Crippen LogP contribution in [-0.2, 0) is 6.42 Å². The molecule has 0 radical (unpaired) electrons. The summed E-state index contributed by atoms with van der Waals surface area (Å²) in [5.74, 6) is 3.56. The van der Waals surface area contributed by atoms with Crippen molar-refractivity contribution in [3.63, 3.8) is 0 Å². The lowest BCUT2D eigenvalue weighted by molar-refractivity contribution is 0.0523. The molecule has 0 saturated heterocycles. The first kappa shape index (κ1) is 40.4. The molecular formula is C46H46O14. The van der Waals surface area contributed by atoms with Gasteiger partial charge in [0.1, 0.15) is 65.5 Å². The molecule has 0 aliphatic carbocycles. The molecule has 5 heterocycles. The van der Waals surface area contributed by atoms with Gasteiger partial charge in [-0.15, -0.1) is 0 Å². The summed E-state index contributed by atoms with van der Waals surface area (Å²) in [6.45, 7) is 3.79. The third-order valence-electron chi connectivity index (χ3n) is 11.4. The molecule has 0 aromatic heterocycles. The molecule has 0 spiro atoms. The van der Waals surface area contributed by atoms with E-state index >= 15 is 0 Å². The molecule has 9 rings (SSSR count). The fourth-order valence-corrected chi connectivity index (χ4v) is 8.15. The molecule has 0 amide bonds. The van der Waals surface area contributed by atoms with E-state index in [4.69, 9.17) is 42.6 Å². The fourth-order valence-electron chi connectivity index (χ4n) is 8.15. The summed E-state index contributed by atoms with van der Waals surface area (Å²) >= 11 is 0. The van der Waals surface area contributed by atoms with E-state index < -0.39 is 29.6 Å². The van der Waals surface area contributed by atoms with Gasteiger partial charge in [0, 0.05) is 28.8 Å². The highest BCUT2D eigenvalue weighted by Crippen LogP contribution is 2.51. The molecule has 14 nitrogen and oxygen atoms in total. The van der Waals surface area contributed by atoms with E-state index in [0.29, 0.717) is 86.0 Å². The van der Waals surface area contributed by atoms with Crippen molar-refractivity contribution in [2.24, 2.45) is 0 Å². The summed E-state index contributed by atoms with van der Waals surface area (Å²) in [5.41, 5.74) is 3.50. The monoisotopic (exact) mass is 822 g/mol. The van der Waals surface area contributed by atoms with Crippen LogP contribution in [0.2, 0.25) is 0 Å². The summed E-state index contributed by atoms with van der Waals surface area (Å²) in [7, 11) is 6.19. The second-order valence-electron chi connectivity index (χ2n) is 15.2. The lowest BCUT2D eigenvalue weighted by Gasteiger charge is -2.39. The van der Waals surface area contributed by atoms with Gasteiger partial charge in [-0.1, -0.05) is 11.6 Å². The lowest BCUT2D eigenvalue weighted by atomic mass is 9.81. The van der Waals surface area contributed by atoms with Crippen LogP contribution >= 0.6 is 0 Å². The predicted octanol–water partition coefficient (Wildman–Crippen LogP) is 5.99. The zero-order chi connectivity index (χ0) is 42.5. The van der Waals surface area contributed by atoms with Gasteiger partial charge in [0.05, 0.1) is 70.2 Å². The SMILES string of the molecule is COc1cc2c(cc1OC)[C@@H]1C(=O)c3ccc(O)c(C/C=C(\C)CO)c3O[C@@H]1CO2.COc1cc2c(cc1OC)[C@@H]1C(=O)c3ccc4c(c3O[C@@H]1CO2)C=CC(C)(CO)O4. The molecule has 60 heavy (non-hydrogen) atoms. The standard InChI is InChI=1S/C23H22O7.C23H24O7/c1-23(11-24)7-6-12-15(30-23)5-4-13-21(25)20-14-8-17(26-2)18(27-3)9-16(14)28-10-19(20)29-22(12)13;1-12(10-24)4-5-13-16(25)7-6-14-22(26)21-15-8-18(27-2)19(28-3)9-17(15)29-11-20(21)30-23(13)14/h4-9,19-20,24H,10-11H2,1-3H3;4,6-9,20-21,24-25H,5,10-11H2,1-3H3/b;12-4+/t19-,20+,23?;20-,21+/m11/s1. The van der Waals surface area contributed by atoms with Crippen LogP contribution in [0.4, 0.5) is 0 Å². The third kappa shape index (κ3) is 6.88. The van der Waals surface area contributed by atoms with Gasteiger partial charge in [-0.2, -0.15) is 0 Å². The molecule has 1 unspecified atom stereocenters. The molecule has 4 aromatic rings. The van der Waals surface area contributed by atoms with Crippen LogP contribution in [0.1, 0.15) is 68.7 Å². The van der Waals surface area contributed by atoms with Gasteiger partial charge in [0.15, 0.2) is 34.6 Å². The number of ketones is 2. The molecule has 0 saturated carbocycles. The number of carbonyl (C=O) groups is 2. The largest absolute Gasteiger partial charge is 0.508 e. The van der Waals surface area contributed by atoms with Crippen molar-refractivity contribution in [3.05, 3.63) is 99.6 Å². The van der Waals surface area contributed by atoms with Crippen LogP contribution in [-0.4, -0.2) is 99.6 Å². The minimum atomic E-state index is -0.801. The van der Waals surface area contributed by atoms with Crippen LogP contribution in [0.5, 0.6) is 57.5 Å². The number of carbonyl (C=O) groups excluding carboxylic acids is 2. The van der Waals surface area contributed by atoms with Crippen molar-refractivity contribution >= 4 is 17.6 Å². The van der Waals surface area contributed by atoms with Gasteiger partial charge in [-0.3, -0.25) is 9.59 Å². The highest BCUT2D eigenvalue weighted by atomic mass is 16.6. The van der Waals surface area contributed by atoms with E-state index in [1.165, 1.54) is 13.2 Å². The second kappa shape index (κ2) is 16.0. The average molecular weight is 823 g/mol. The van der Waals surface area contributed by atoms with Crippen molar-refractivity contribution in [1.29, 1.82) is 0 Å². The number of ether oxygens (including phenoxy) is 9. The van der Waals surface area contributed by atoms with E-state index in [9.17, 15) is 24.9 Å². The van der Waals surface area contributed by atoms with Gasteiger partial charge < -0.3 is 58.0 Å². The van der Waals surface area contributed by atoms with Crippen LogP contribution in [0.3, 0.4) is 0 Å². The molecule has 5 atom stereocenters. The van der Waals surface area contributed by atoms with E-state index in [0.717, 1.165) is 11.1 Å². The maximum absolute atomic E-state index is 13.5. The van der Waals surface area contributed by atoms with Crippen LogP contribution in [0, 0.1) is 0 Å². The Kier molecular flexibility index (Phi) is 10.8. The lowest BCUT2D eigenvalue weighted by Crippen LogP contribution is -2.43. The maximum Gasteiger partial charge on any atom is 0.178 e. The Balaban J connectivity index is 0.000000166. The average Bonchev–Trinajstić information content (AvgIpc) is 3.27. The van der Waals surface area contributed by atoms with Gasteiger partial charge in [-0.25, -0.2) is 0 Å². The fraction of sp³-hybridized carbons (Fsp3) is 0.348. The summed E-state index contributed by atoms with van der Waals surface area (Å²) in [4.78, 5) is 27.0. The molecule has 0 bridgehead atoms. The molecule has 3 N–H and O–H groups in total. The number of hydrogen-bond acceptors (Lipinski definition) is 14. The number of phenols is 1. The Morgan fingerprint density at radius 2 is 1.27 bits per heavy atom. The summed E-state index contributed by atoms with van der Waals surface area (Å²) in [6, 6.07) is 13.6. The number of rotatable bonds is 8. The normalized spacial score (nSPS) is 22.6. The van der Waals surface area contributed by atoms with Gasteiger partial charge in [-0.05, 0) is 68.8 Å². The topological polar surface area (TPSA) is 178 Å². The third-order valence-corrected chi connectivity index (χ3v) is 11.4. The number of fused-ring (bicyclic) bond motifs is 10. The van der Waals surface area contributed by atoms with Crippen molar-refractivity contribution in [1.82, 2.24) is 0 Å². The number of Topliss-reactive ketones (excluding diaryl/α,β-unsaturated/α-hetero) is 2. The highest BCUT2D eigenvalue weighted by molar-refractivity contribution is 6.07. The minimum absolute atomic E-state index is 0.0373. The Hall–Kier alpha value is -6.38. The number of phenolic OH excluding ortho intramolecular Hbond substituents is 1. The number of allylic oxidation sites excluding steroid dienone is 1. The first-order valence-electron chi connectivity index (χ1n) is 19.4. The number of methoxy groups -OCH3 is 4. The minimum Gasteiger partial charge on any atom is -0.508 e. The molecule has 0 fully saturated rings. The van der Waals surface area contributed by atoms with Gasteiger partial charge in [0.25, 0.3) is 0 Å². The summed E-state index contributed by atoms with van der Waals surface area (Å²) in [5, 5.41) is 29.2. The van der Waals surface area contributed by atoms with Crippen LogP contribution < -0.4 is 42.6 Å². The molecule has 4 aromatic carbocycles. The summed E-state index contributed by atoms with van der Waals surface area (Å²) < 4.78 is 51.7. The van der Waals surface area contributed by atoms with Crippen molar-refractivity contribution < 1.29 is 67.5 Å². The van der Waals surface area contributed by atoms with E-state index in [1.54, 1.807) is 89.8 Å². The number of hydrogen-bond donors (Lipinski definition) is 3. The van der Waals surface area contributed by atoms with E-state index in [2.05, 4.69) is 0 Å². The highest BCUT2D eigenvalue weighted by Gasteiger charge is 2.46. The first-order chi connectivity index (χ1) is 29.0. The van der Waals surface area contributed by atoms with E-state index in [1.807, 2.05) is 6.08 Å². The Labute approximate surface area is 346 Å². The number of aliphatic hydroxyl groups excluding tert-OH is 2. The molecule has 5 aliphatic heterocycles. The molecular weight excluding hydrogens is 776 g/mol. The quantitative estimate of drug-likeness (QED) is 0.177. The number of aromatic hydroxyl groups is 1. The second-order valence-corrected chi connectivity index (χ2v) is 15.2. The molecule has 314 valence electrons. The van der Waals surface area contributed by atoms with E-state index in [-0.39, 0.29) is 43.7 Å². The Morgan fingerprint density at radius 3 is 1.80 bits per heavy atom. The maximum atomic E-state index is 13.5.